The summed E-state index contributed by atoms with van der Waals surface area (Å²) in [5.74, 6) is 0.518. The number of fused-ring (bicyclic) bond motifs is 1. The second-order valence-corrected chi connectivity index (χ2v) is 13.9. The lowest BCUT2D eigenvalue weighted by molar-refractivity contribution is -0.134. The summed E-state index contributed by atoms with van der Waals surface area (Å²) in [6.07, 6.45) is 22.2. The van der Waals surface area contributed by atoms with Gasteiger partial charge in [-0.2, -0.15) is 0 Å². The molecule has 3 rings (SSSR count). The molecule has 0 N–H and O–H groups in total. The number of carbonyl (C=O) groups is 1. The number of hydrogen-bond donors (Lipinski definition) is 0. The summed E-state index contributed by atoms with van der Waals surface area (Å²) in [7, 11) is 0. The topological polar surface area (TPSA) is 26.3 Å². The Labute approximate surface area is 252 Å². The highest BCUT2D eigenvalue weighted by atomic mass is 16.5. The van der Waals surface area contributed by atoms with Gasteiger partial charge in [0.05, 0.1) is 0 Å². The SMILES string of the molecule is CCCCCCCCCCCCCCCC(=O)Oc1ccc(/C=C(\C)c2ccc3c(c2)C(C)(C)CCC3(C)C)cc1. The van der Waals surface area contributed by atoms with Gasteiger partial charge < -0.3 is 4.74 Å². The molecule has 2 aromatic rings. The van der Waals surface area contributed by atoms with E-state index in [2.05, 4.69) is 65.8 Å². The molecular weight excluding hydrogens is 500 g/mol. The van der Waals surface area contributed by atoms with E-state index in [0.29, 0.717) is 12.2 Å². The molecule has 0 saturated heterocycles. The molecule has 0 amide bonds. The van der Waals surface area contributed by atoms with Gasteiger partial charge >= 0.3 is 5.97 Å². The number of rotatable bonds is 17. The third-order valence-corrected chi connectivity index (χ3v) is 9.29. The van der Waals surface area contributed by atoms with E-state index in [9.17, 15) is 4.79 Å². The fraction of sp³-hybridized carbons (Fsp3) is 0.615. The molecule has 0 saturated carbocycles. The molecule has 0 unspecified atom stereocenters. The van der Waals surface area contributed by atoms with Crippen LogP contribution in [0.5, 0.6) is 5.75 Å². The number of allylic oxidation sites excluding steroid dienone is 1. The zero-order valence-corrected chi connectivity index (χ0v) is 27.2. The van der Waals surface area contributed by atoms with E-state index in [1.807, 2.05) is 24.3 Å². The van der Waals surface area contributed by atoms with E-state index in [0.717, 1.165) is 18.4 Å². The van der Waals surface area contributed by atoms with E-state index in [-0.39, 0.29) is 16.8 Å². The molecule has 2 heteroatoms. The average Bonchev–Trinajstić information content (AvgIpc) is 2.94. The van der Waals surface area contributed by atoms with Gasteiger partial charge in [-0.3, -0.25) is 4.79 Å². The van der Waals surface area contributed by atoms with E-state index in [1.165, 1.54) is 106 Å². The molecule has 0 heterocycles. The Balaban J connectivity index is 1.37. The molecule has 0 spiro atoms. The largest absolute Gasteiger partial charge is 0.427 e. The summed E-state index contributed by atoms with van der Waals surface area (Å²) in [6, 6.07) is 15.0. The Bertz CT molecular complexity index is 1100. The Morgan fingerprint density at radius 1 is 0.707 bits per heavy atom. The van der Waals surface area contributed by atoms with E-state index in [1.54, 1.807) is 0 Å². The smallest absolute Gasteiger partial charge is 0.311 e. The van der Waals surface area contributed by atoms with Gasteiger partial charge in [-0.1, -0.05) is 148 Å². The third kappa shape index (κ3) is 10.8. The van der Waals surface area contributed by atoms with Crippen LogP contribution in [0.2, 0.25) is 0 Å². The van der Waals surface area contributed by atoms with Gasteiger partial charge in [-0.05, 0) is 77.0 Å². The monoisotopic (exact) mass is 558 g/mol. The fourth-order valence-electron chi connectivity index (χ4n) is 6.27. The van der Waals surface area contributed by atoms with E-state index < -0.39 is 0 Å². The highest BCUT2D eigenvalue weighted by molar-refractivity contribution is 5.81. The minimum atomic E-state index is -0.118. The number of esters is 1. The van der Waals surface area contributed by atoms with E-state index in [4.69, 9.17) is 4.74 Å². The minimum absolute atomic E-state index is 0.118. The van der Waals surface area contributed by atoms with Crippen molar-refractivity contribution >= 4 is 17.6 Å². The van der Waals surface area contributed by atoms with Crippen molar-refractivity contribution in [2.75, 3.05) is 0 Å². The van der Waals surface area contributed by atoms with Crippen molar-refractivity contribution in [2.24, 2.45) is 0 Å². The normalized spacial score (nSPS) is 15.9. The molecule has 0 radical (unpaired) electrons. The molecule has 1 aliphatic carbocycles. The fourth-order valence-corrected chi connectivity index (χ4v) is 6.27. The van der Waals surface area contributed by atoms with Crippen molar-refractivity contribution in [3.8, 4) is 5.75 Å². The molecule has 2 aromatic carbocycles. The van der Waals surface area contributed by atoms with Crippen molar-refractivity contribution in [3.63, 3.8) is 0 Å². The highest BCUT2D eigenvalue weighted by Crippen LogP contribution is 2.46. The third-order valence-electron chi connectivity index (χ3n) is 9.29. The molecule has 0 fully saturated rings. The van der Waals surface area contributed by atoms with Crippen LogP contribution in [-0.4, -0.2) is 5.97 Å². The first-order chi connectivity index (χ1) is 19.6. The first-order valence-electron chi connectivity index (χ1n) is 16.8. The van der Waals surface area contributed by atoms with Crippen LogP contribution in [0.25, 0.3) is 11.6 Å². The highest BCUT2D eigenvalue weighted by Gasteiger charge is 2.36. The number of carbonyl (C=O) groups excluding carboxylic acids is 1. The van der Waals surface area contributed by atoms with Crippen molar-refractivity contribution in [2.45, 2.75) is 155 Å². The van der Waals surface area contributed by atoms with Crippen molar-refractivity contribution in [1.82, 2.24) is 0 Å². The second kappa shape index (κ2) is 16.3. The Morgan fingerprint density at radius 2 is 1.22 bits per heavy atom. The minimum Gasteiger partial charge on any atom is -0.427 e. The maximum Gasteiger partial charge on any atom is 0.311 e. The van der Waals surface area contributed by atoms with Gasteiger partial charge in [-0.15, -0.1) is 0 Å². The molecule has 1 aliphatic rings. The summed E-state index contributed by atoms with van der Waals surface area (Å²) in [5.41, 5.74) is 7.08. The summed E-state index contributed by atoms with van der Waals surface area (Å²) < 4.78 is 5.61. The van der Waals surface area contributed by atoms with Crippen LogP contribution < -0.4 is 4.74 Å². The predicted octanol–water partition coefficient (Wildman–Crippen LogP) is 12.0. The van der Waals surface area contributed by atoms with Crippen LogP contribution in [0.4, 0.5) is 0 Å². The zero-order valence-electron chi connectivity index (χ0n) is 27.2. The summed E-state index contributed by atoms with van der Waals surface area (Å²) >= 11 is 0. The average molecular weight is 559 g/mol. The molecule has 2 nitrogen and oxygen atoms in total. The molecule has 226 valence electrons. The van der Waals surface area contributed by atoms with Gasteiger partial charge in [0.2, 0.25) is 0 Å². The lowest BCUT2D eigenvalue weighted by atomic mass is 9.63. The first kappa shape index (κ1) is 33.2. The summed E-state index contributed by atoms with van der Waals surface area (Å²) in [5, 5.41) is 0. The summed E-state index contributed by atoms with van der Waals surface area (Å²) in [6.45, 7) is 14.0. The molecule has 41 heavy (non-hydrogen) atoms. The first-order valence-corrected chi connectivity index (χ1v) is 16.8. The lowest BCUT2D eigenvalue weighted by Gasteiger charge is -2.42. The quantitative estimate of drug-likeness (QED) is 0.0835. The lowest BCUT2D eigenvalue weighted by Crippen LogP contribution is -2.33. The number of ether oxygens (including phenoxy) is 1. The van der Waals surface area contributed by atoms with Gasteiger partial charge in [0.25, 0.3) is 0 Å². The van der Waals surface area contributed by atoms with Crippen LogP contribution in [0.15, 0.2) is 42.5 Å². The van der Waals surface area contributed by atoms with Crippen molar-refractivity contribution in [1.29, 1.82) is 0 Å². The summed E-state index contributed by atoms with van der Waals surface area (Å²) in [4.78, 5) is 12.3. The van der Waals surface area contributed by atoms with Crippen LogP contribution in [0.1, 0.15) is 167 Å². The number of hydrogen-bond acceptors (Lipinski definition) is 2. The molecule has 0 aromatic heterocycles. The Kier molecular flexibility index (Phi) is 13.2. The van der Waals surface area contributed by atoms with Gasteiger partial charge in [0.15, 0.2) is 0 Å². The maximum atomic E-state index is 12.3. The number of unbranched alkanes of at least 4 members (excludes halogenated alkanes) is 12. The molecule has 0 bridgehead atoms. The van der Waals surface area contributed by atoms with Crippen LogP contribution >= 0.6 is 0 Å². The van der Waals surface area contributed by atoms with Crippen molar-refractivity contribution < 1.29 is 9.53 Å². The van der Waals surface area contributed by atoms with E-state index >= 15 is 0 Å². The molecule has 0 aliphatic heterocycles. The second-order valence-electron chi connectivity index (χ2n) is 13.9. The van der Waals surface area contributed by atoms with Gasteiger partial charge in [-0.25, -0.2) is 0 Å². The maximum absolute atomic E-state index is 12.3. The Hall–Kier alpha value is -2.35. The van der Waals surface area contributed by atoms with Crippen LogP contribution in [-0.2, 0) is 15.6 Å². The Morgan fingerprint density at radius 3 is 1.78 bits per heavy atom. The molecular formula is C39H58O2. The number of benzene rings is 2. The standard InChI is InChI=1S/C39H58O2/c1-7-8-9-10-11-12-13-14-15-16-17-18-19-20-37(40)41-34-24-21-32(22-25-34)29-31(2)33-23-26-35-36(30-33)39(5,6)28-27-38(35,3)4/h21-26,29-30H,7-20,27-28H2,1-6H3/b31-29+. The molecule has 0 atom stereocenters. The van der Waals surface area contributed by atoms with Crippen LogP contribution in [0, 0.1) is 0 Å². The van der Waals surface area contributed by atoms with Gasteiger partial charge in [0, 0.05) is 6.42 Å². The van der Waals surface area contributed by atoms with Crippen molar-refractivity contribution in [3.05, 3.63) is 64.7 Å². The van der Waals surface area contributed by atoms with Gasteiger partial charge in [0.1, 0.15) is 5.75 Å². The van der Waals surface area contributed by atoms with Crippen LogP contribution in [0.3, 0.4) is 0 Å². The zero-order chi connectivity index (χ0) is 29.7. The predicted molar refractivity (Wildman–Crippen MR) is 178 cm³/mol.